The largest absolute Gasteiger partial charge is 0.493 e. The predicted molar refractivity (Wildman–Crippen MR) is 74.9 cm³/mol. The Balaban J connectivity index is 3.19. The van der Waals surface area contributed by atoms with Crippen LogP contribution < -0.4 is 5.32 Å². The molecule has 0 amide bonds. The first kappa shape index (κ1) is 17.4. The highest BCUT2D eigenvalue weighted by atomic mass is 16.5. The average molecular weight is 302 g/mol. The number of hydrogen-bond donors (Lipinski definition) is 5. The fraction of sp³-hybridized carbons (Fsp3) is 0.692. The molecule has 0 spiro atoms. The van der Waals surface area contributed by atoms with E-state index in [1.165, 1.54) is 21.1 Å². The molecule has 0 aliphatic heterocycles. The smallest absolute Gasteiger partial charge is 0.328 e. The van der Waals surface area contributed by atoms with Gasteiger partial charge in [0.05, 0.1) is 36.8 Å². The summed E-state index contributed by atoms with van der Waals surface area (Å²) in [6.45, 7) is 0.843. The molecule has 1 aliphatic rings. The van der Waals surface area contributed by atoms with E-state index in [0.717, 1.165) is 0 Å². The highest BCUT2D eigenvalue weighted by Gasteiger charge is 2.39. The molecule has 21 heavy (non-hydrogen) atoms. The molecule has 0 aromatic rings. The Morgan fingerprint density at radius 1 is 1.52 bits per heavy atom. The van der Waals surface area contributed by atoms with Crippen molar-refractivity contribution in [3.63, 3.8) is 0 Å². The van der Waals surface area contributed by atoms with E-state index in [1.807, 2.05) is 0 Å². The van der Waals surface area contributed by atoms with Crippen molar-refractivity contribution in [3.8, 4) is 0 Å². The number of allylic oxidation sites excluding steroid dienone is 1. The summed E-state index contributed by atoms with van der Waals surface area (Å²) in [5, 5.41) is 40.9. The summed E-state index contributed by atoms with van der Waals surface area (Å²) in [7, 11) is 2.92. The Morgan fingerprint density at radius 2 is 2.14 bits per heavy atom. The molecule has 0 heterocycles. The first-order valence-electron chi connectivity index (χ1n) is 6.51. The third-order valence-corrected chi connectivity index (χ3v) is 3.39. The van der Waals surface area contributed by atoms with Gasteiger partial charge in [-0.25, -0.2) is 4.79 Å². The fourth-order valence-corrected chi connectivity index (χ4v) is 2.26. The number of rotatable bonds is 6. The van der Waals surface area contributed by atoms with Crippen molar-refractivity contribution in [1.29, 1.82) is 0 Å². The van der Waals surface area contributed by atoms with Gasteiger partial charge in [0.1, 0.15) is 0 Å². The average Bonchev–Trinajstić information content (AvgIpc) is 2.43. The molecule has 8 nitrogen and oxygen atoms in total. The summed E-state index contributed by atoms with van der Waals surface area (Å²) in [6, 6.07) is -1.26. The van der Waals surface area contributed by atoms with Gasteiger partial charge in [-0.1, -0.05) is 0 Å². The molecule has 5 N–H and O–H groups in total. The van der Waals surface area contributed by atoms with E-state index >= 15 is 0 Å². The Kier molecular flexibility index (Phi) is 5.70. The molecule has 0 aromatic carbocycles. The van der Waals surface area contributed by atoms with Gasteiger partial charge < -0.3 is 30.5 Å². The van der Waals surface area contributed by atoms with Crippen molar-refractivity contribution >= 4 is 11.7 Å². The van der Waals surface area contributed by atoms with E-state index < -0.39 is 30.3 Å². The molecule has 0 saturated heterocycles. The van der Waals surface area contributed by atoms with Crippen LogP contribution in [0.4, 0.5) is 0 Å². The summed E-state index contributed by atoms with van der Waals surface area (Å²) in [5.41, 5.74) is -0.743. The number of nitrogens with one attached hydrogen (secondary N) is 1. The minimum atomic E-state index is -1.44. The number of aliphatic carboxylic acids is 1. The van der Waals surface area contributed by atoms with Gasteiger partial charge in [0.25, 0.3) is 0 Å². The second-order valence-corrected chi connectivity index (χ2v) is 5.12. The normalized spacial score (nSPS) is 27.4. The van der Waals surface area contributed by atoms with Gasteiger partial charge >= 0.3 is 5.97 Å². The number of methoxy groups -OCH3 is 1. The number of carboxylic acid groups (broad SMARTS) is 1. The third kappa shape index (κ3) is 3.93. The van der Waals surface area contributed by atoms with Crippen LogP contribution in [0.3, 0.4) is 0 Å². The maximum absolute atomic E-state index is 11.2. The highest BCUT2D eigenvalue weighted by Crippen LogP contribution is 2.30. The van der Waals surface area contributed by atoms with Crippen LogP contribution in [0, 0.1) is 0 Å². The molecule has 8 heteroatoms. The van der Waals surface area contributed by atoms with Crippen molar-refractivity contribution in [1.82, 2.24) is 5.32 Å². The molecule has 3 atom stereocenters. The summed E-state index contributed by atoms with van der Waals surface area (Å²) >= 11 is 0. The lowest BCUT2D eigenvalue weighted by Crippen LogP contribution is -2.49. The van der Waals surface area contributed by atoms with Crippen LogP contribution in [0.1, 0.15) is 19.8 Å². The van der Waals surface area contributed by atoms with Gasteiger partial charge in [0.15, 0.2) is 11.8 Å². The molecule has 0 fully saturated rings. The number of aliphatic hydroxyl groups excluding tert-OH is 2. The van der Waals surface area contributed by atoms with Crippen molar-refractivity contribution in [2.45, 2.75) is 37.5 Å². The number of carbonyl (C=O) groups is 1. The zero-order valence-electron chi connectivity index (χ0n) is 12.3. The topological polar surface area (TPSA) is 132 Å². The number of aliphatic imine (C=N–C) groups is 1. The SMILES string of the molecule is C/N=C1\CC(O)(CO)CC(NC(C(=O)O)C(C)O)=C1OC. The van der Waals surface area contributed by atoms with Crippen LogP contribution in [-0.4, -0.2) is 70.6 Å². The number of hydrogen-bond acceptors (Lipinski definition) is 7. The van der Waals surface area contributed by atoms with Crippen LogP contribution in [0.5, 0.6) is 0 Å². The van der Waals surface area contributed by atoms with Gasteiger partial charge in [-0.05, 0) is 6.92 Å². The van der Waals surface area contributed by atoms with Crippen molar-refractivity contribution in [3.05, 3.63) is 11.5 Å². The lowest BCUT2D eigenvalue weighted by atomic mass is 9.85. The first-order chi connectivity index (χ1) is 9.77. The van der Waals surface area contributed by atoms with Crippen molar-refractivity contribution in [2.24, 2.45) is 4.99 Å². The molecule has 3 unspecified atom stereocenters. The van der Waals surface area contributed by atoms with Crippen LogP contribution >= 0.6 is 0 Å². The Labute approximate surface area is 122 Å². The van der Waals surface area contributed by atoms with E-state index in [1.54, 1.807) is 0 Å². The second kappa shape index (κ2) is 6.88. The van der Waals surface area contributed by atoms with E-state index in [-0.39, 0.29) is 18.5 Å². The van der Waals surface area contributed by atoms with Crippen LogP contribution in [0.25, 0.3) is 0 Å². The molecule has 0 radical (unpaired) electrons. The van der Waals surface area contributed by atoms with E-state index in [2.05, 4.69) is 10.3 Å². The Morgan fingerprint density at radius 3 is 2.52 bits per heavy atom. The lowest BCUT2D eigenvalue weighted by Gasteiger charge is -2.35. The molecule has 120 valence electrons. The monoisotopic (exact) mass is 302 g/mol. The molecular weight excluding hydrogens is 280 g/mol. The summed E-state index contributed by atoms with van der Waals surface area (Å²) in [4.78, 5) is 15.2. The van der Waals surface area contributed by atoms with Crippen molar-refractivity contribution in [2.75, 3.05) is 20.8 Å². The predicted octanol–water partition coefficient (Wildman–Crippen LogP) is -1.14. The van der Waals surface area contributed by atoms with Gasteiger partial charge in [0, 0.05) is 19.9 Å². The number of nitrogens with zero attached hydrogens (tertiary/aromatic N) is 1. The van der Waals surface area contributed by atoms with Gasteiger partial charge in [0.2, 0.25) is 0 Å². The fourth-order valence-electron chi connectivity index (χ4n) is 2.26. The molecule has 0 bridgehead atoms. The molecule has 0 saturated carbocycles. The first-order valence-corrected chi connectivity index (χ1v) is 6.51. The quantitative estimate of drug-likeness (QED) is 0.419. The number of aliphatic hydroxyl groups is 3. The zero-order valence-corrected chi connectivity index (χ0v) is 12.3. The van der Waals surface area contributed by atoms with Gasteiger partial charge in [-0.2, -0.15) is 0 Å². The third-order valence-electron chi connectivity index (χ3n) is 3.39. The van der Waals surface area contributed by atoms with Gasteiger partial charge in [-0.3, -0.25) is 4.99 Å². The second-order valence-electron chi connectivity index (χ2n) is 5.12. The summed E-state index contributed by atoms with van der Waals surface area (Å²) in [5.74, 6) is -0.913. The maximum atomic E-state index is 11.2. The van der Waals surface area contributed by atoms with Gasteiger partial charge in [-0.15, -0.1) is 0 Å². The van der Waals surface area contributed by atoms with Crippen LogP contribution in [0.15, 0.2) is 16.4 Å². The lowest BCUT2D eigenvalue weighted by molar-refractivity contribution is -0.142. The zero-order chi connectivity index (χ0) is 16.2. The molecule has 1 rings (SSSR count). The van der Waals surface area contributed by atoms with E-state index in [4.69, 9.17) is 9.84 Å². The molecular formula is C13H22N2O6. The Bertz CT molecular complexity index is 460. The molecule has 1 aliphatic carbocycles. The van der Waals surface area contributed by atoms with E-state index in [9.17, 15) is 20.1 Å². The minimum Gasteiger partial charge on any atom is -0.493 e. The van der Waals surface area contributed by atoms with Crippen LogP contribution in [0.2, 0.25) is 0 Å². The number of ether oxygens (including phenoxy) is 1. The standard InChI is InChI=1S/C13H22N2O6/c1-7(17)10(12(18)19)15-9-5-13(20,6-16)4-8(14-2)11(9)21-3/h7,10,15-17,20H,4-6H2,1-3H3,(H,18,19)/b14-8+. The summed E-state index contributed by atoms with van der Waals surface area (Å²) in [6.07, 6.45) is -1.08. The highest BCUT2D eigenvalue weighted by molar-refractivity contribution is 6.00. The van der Waals surface area contributed by atoms with Crippen molar-refractivity contribution < 1.29 is 30.0 Å². The minimum absolute atomic E-state index is 0.0256. The molecule has 0 aromatic heterocycles. The Hall–Kier alpha value is -1.64. The van der Waals surface area contributed by atoms with E-state index in [0.29, 0.717) is 11.5 Å². The maximum Gasteiger partial charge on any atom is 0.328 e. The number of carboxylic acids is 1. The van der Waals surface area contributed by atoms with Crippen LogP contribution in [-0.2, 0) is 9.53 Å². The summed E-state index contributed by atoms with van der Waals surface area (Å²) < 4.78 is 5.22.